The predicted molar refractivity (Wildman–Crippen MR) is 125 cm³/mol. The summed E-state index contributed by atoms with van der Waals surface area (Å²) in [7, 11) is -2.57. The first kappa shape index (κ1) is 23.4. The van der Waals surface area contributed by atoms with Gasteiger partial charge in [-0.15, -0.1) is 0 Å². The minimum absolute atomic E-state index is 0.0137. The van der Waals surface area contributed by atoms with Crippen LogP contribution in [0.4, 0.5) is 5.69 Å². The van der Waals surface area contributed by atoms with Gasteiger partial charge in [0.1, 0.15) is 5.15 Å². The van der Waals surface area contributed by atoms with E-state index in [1.54, 1.807) is 0 Å². The van der Waals surface area contributed by atoms with Gasteiger partial charge in [0.25, 0.3) is 0 Å². The van der Waals surface area contributed by atoms with Crippen molar-refractivity contribution in [2.75, 3.05) is 33.3 Å². The number of nitro benzene ring substituents is 1. The van der Waals surface area contributed by atoms with E-state index in [1.807, 2.05) is 31.2 Å². The zero-order valence-corrected chi connectivity index (χ0v) is 19.8. The van der Waals surface area contributed by atoms with E-state index in [1.165, 1.54) is 23.5 Å². The highest BCUT2D eigenvalue weighted by molar-refractivity contribution is 7.89. The summed E-state index contributed by atoms with van der Waals surface area (Å²) in [5, 5.41) is 12.7. The van der Waals surface area contributed by atoms with E-state index < -0.39 is 14.9 Å². The number of aromatic nitrogens is 1. The van der Waals surface area contributed by atoms with Gasteiger partial charge in [0.2, 0.25) is 10.0 Å². The van der Waals surface area contributed by atoms with E-state index in [0.29, 0.717) is 24.8 Å². The number of piperazine rings is 1. The molecule has 0 radical (unpaired) electrons. The zero-order valence-electron chi connectivity index (χ0n) is 18.2. The summed E-state index contributed by atoms with van der Waals surface area (Å²) >= 11 is 6.41. The molecule has 33 heavy (non-hydrogen) atoms. The number of hydrogen-bond donors (Lipinski definition) is 0. The van der Waals surface area contributed by atoms with Crippen LogP contribution in [0.25, 0.3) is 10.9 Å². The molecule has 174 valence electrons. The molecule has 2 aromatic carbocycles. The Balaban J connectivity index is 1.47. The van der Waals surface area contributed by atoms with E-state index >= 15 is 0 Å². The average Bonchev–Trinajstić information content (AvgIpc) is 2.79. The van der Waals surface area contributed by atoms with E-state index in [2.05, 4.69) is 9.88 Å². The minimum Gasteiger partial charge on any atom is -0.490 e. The second-order valence-corrected chi connectivity index (χ2v) is 10.2. The van der Waals surface area contributed by atoms with Crippen LogP contribution in [-0.2, 0) is 16.6 Å². The van der Waals surface area contributed by atoms with Gasteiger partial charge in [-0.25, -0.2) is 13.4 Å². The van der Waals surface area contributed by atoms with Crippen molar-refractivity contribution in [3.05, 3.63) is 68.9 Å². The van der Waals surface area contributed by atoms with Gasteiger partial charge in [-0.1, -0.05) is 23.7 Å². The lowest BCUT2D eigenvalue weighted by atomic mass is 10.1. The Kier molecular flexibility index (Phi) is 6.53. The van der Waals surface area contributed by atoms with Crippen molar-refractivity contribution in [2.24, 2.45) is 0 Å². The standard InChI is InChI=1S/C22H23ClN4O5S/c1-15-3-4-16-12-17(22(23)24-19(16)11-15)14-25-7-9-26(10-8-25)33(30,31)18-5-6-21(32-2)20(13-18)27(28)29/h3-6,11-13H,7-10,14H2,1-2H3. The first-order valence-corrected chi connectivity index (χ1v) is 12.1. The fraction of sp³-hybridized carbons (Fsp3) is 0.318. The molecule has 0 aliphatic carbocycles. The zero-order chi connectivity index (χ0) is 23.8. The quantitative estimate of drug-likeness (QED) is 0.295. The fourth-order valence-corrected chi connectivity index (χ4v) is 5.55. The molecule has 2 heterocycles. The summed E-state index contributed by atoms with van der Waals surface area (Å²) < 4.78 is 32.4. The molecule has 1 aliphatic rings. The summed E-state index contributed by atoms with van der Waals surface area (Å²) in [5.41, 5.74) is 2.45. The number of aryl methyl sites for hydroxylation is 1. The molecule has 0 atom stereocenters. The van der Waals surface area contributed by atoms with Crippen molar-refractivity contribution < 1.29 is 18.1 Å². The Labute approximate surface area is 196 Å². The molecule has 1 fully saturated rings. The Morgan fingerprint density at radius 1 is 1.12 bits per heavy atom. The lowest BCUT2D eigenvalue weighted by Gasteiger charge is -2.34. The third-order valence-corrected chi connectivity index (χ3v) is 7.93. The van der Waals surface area contributed by atoms with Crippen molar-refractivity contribution in [1.82, 2.24) is 14.2 Å². The highest BCUT2D eigenvalue weighted by Gasteiger charge is 2.31. The molecule has 0 amide bonds. The molecule has 11 heteroatoms. The van der Waals surface area contributed by atoms with Crippen LogP contribution >= 0.6 is 11.6 Å². The third kappa shape index (κ3) is 4.79. The molecule has 3 aromatic rings. The van der Waals surface area contributed by atoms with E-state index in [-0.39, 0.29) is 29.4 Å². The van der Waals surface area contributed by atoms with Gasteiger partial charge >= 0.3 is 5.69 Å². The Hall–Kier alpha value is -2.79. The van der Waals surface area contributed by atoms with E-state index in [4.69, 9.17) is 16.3 Å². The number of pyridine rings is 1. The molecule has 1 saturated heterocycles. The van der Waals surface area contributed by atoms with Gasteiger partial charge in [-0.2, -0.15) is 4.31 Å². The lowest BCUT2D eigenvalue weighted by Crippen LogP contribution is -2.48. The third-order valence-electron chi connectivity index (χ3n) is 5.71. The number of halogens is 1. The van der Waals surface area contributed by atoms with Gasteiger partial charge in [0, 0.05) is 49.7 Å². The van der Waals surface area contributed by atoms with Crippen LogP contribution in [0.5, 0.6) is 5.75 Å². The number of nitrogens with zero attached hydrogens (tertiary/aromatic N) is 4. The second-order valence-electron chi connectivity index (χ2n) is 7.91. The van der Waals surface area contributed by atoms with Crippen molar-refractivity contribution in [3.8, 4) is 5.75 Å². The van der Waals surface area contributed by atoms with Crippen molar-refractivity contribution in [1.29, 1.82) is 0 Å². The summed E-state index contributed by atoms with van der Waals surface area (Å²) in [4.78, 5) is 17.1. The second kappa shape index (κ2) is 9.22. The molecule has 1 aliphatic heterocycles. The topological polar surface area (TPSA) is 106 Å². The van der Waals surface area contributed by atoms with Crippen LogP contribution in [0.15, 0.2) is 47.4 Å². The molecule has 9 nitrogen and oxygen atoms in total. The molecule has 0 N–H and O–H groups in total. The molecular weight excluding hydrogens is 468 g/mol. The van der Waals surface area contributed by atoms with Gasteiger partial charge in [-0.3, -0.25) is 15.0 Å². The largest absolute Gasteiger partial charge is 0.490 e. The number of rotatable bonds is 6. The highest BCUT2D eigenvalue weighted by atomic mass is 35.5. The van der Waals surface area contributed by atoms with Crippen LogP contribution in [-0.4, -0.2) is 60.8 Å². The maximum atomic E-state index is 13.1. The fourth-order valence-electron chi connectivity index (χ4n) is 3.90. The summed E-state index contributed by atoms with van der Waals surface area (Å²) in [6.45, 7) is 4.08. The van der Waals surface area contributed by atoms with Gasteiger partial charge in [-0.05, 0) is 36.8 Å². The van der Waals surface area contributed by atoms with Crippen molar-refractivity contribution in [3.63, 3.8) is 0 Å². The molecule has 0 saturated carbocycles. The molecule has 0 bridgehead atoms. The number of ether oxygens (including phenoxy) is 1. The van der Waals surface area contributed by atoms with E-state index in [9.17, 15) is 18.5 Å². The first-order valence-electron chi connectivity index (χ1n) is 10.3. The molecule has 1 aromatic heterocycles. The molecular formula is C22H23ClN4O5S. The summed E-state index contributed by atoms with van der Waals surface area (Å²) in [5.74, 6) is 0.0137. The Morgan fingerprint density at radius 2 is 1.85 bits per heavy atom. The first-order chi connectivity index (χ1) is 15.7. The van der Waals surface area contributed by atoms with E-state index in [0.717, 1.165) is 28.1 Å². The lowest BCUT2D eigenvalue weighted by molar-refractivity contribution is -0.386. The van der Waals surface area contributed by atoms with Crippen LogP contribution < -0.4 is 4.74 Å². The normalized spacial score (nSPS) is 15.6. The maximum absolute atomic E-state index is 13.1. The average molecular weight is 491 g/mol. The SMILES string of the molecule is COc1ccc(S(=O)(=O)N2CCN(Cc3cc4ccc(C)cc4nc3Cl)CC2)cc1[N+](=O)[O-]. The van der Waals surface area contributed by atoms with Crippen molar-refractivity contribution >= 4 is 38.2 Å². The minimum atomic E-state index is -3.87. The summed E-state index contributed by atoms with van der Waals surface area (Å²) in [6.07, 6.45) is 0. The van der Waals surface area contributed by atoms with Crippen LogP contribution in [0.3, 0.4) is 0 Å². The maximum Gasteiger partial charge on any atom is 0.312 e. The number of methoxy groups -OCH3 is 1. The predicted octanol–water partition coefficient (Wildman–Crippen LogP) is 3.62. The van der Waals surface area contributed by atoms with Gasteiger partial charge in [0.05, 0.1) is 22.4 Å². The van der Waals surface area contributed by atoms with Gasteiger partial charge in [0.15, 0.2) is 5.75 Å². The monoisotopic (exact) mass is 490 g/mol. The summed E-state index contributed by atoms with van der Waals surface area (Å²) in [6, 6.07) is 11.7. The number of nitro groups is 1. The Bertz CT molecular complexity index is 1320. The number of hydrogen-bond acceptors (Lipinski definition) is 7. The number of sulfonamides is 1. The Morgan fingerprint density at radius 3 is 2.52 bits per heavy atom. The highest BCUT2D eigenvalue weighted by Crippen LogP contribution is 2.31. The molecule has 0 spiro atoms. The van der Waals surface area contributed by atoms with Gasteiger partial charge < -0.3 is 4.74 Å². The van der Waals surface area contributed by atoms with Crippen LogP contribution in [0, 0.1) is 17.0 Å². The van der Waals surface area contributed by atoms with Crippen LogP contribution in [0.1, 0.15) is 11.1 Å². The van der Waals surface area contributed by atoms with Crippen LogP contribution in [0.2, 0.25) is 5.15 Å². The molecule has 0 unspecified atom stereocenters. The van der Waals surface area contributed by atoms with Crippen molar-refractivity contribution in [2.45, 2.75) is 18.4 Å². The number of benzene rings is 2. The molecule has 4 rings (SSSR count). The number of fused-ring (bicyclic) bond motifs is 1. The smallest absolute Gasteiger partial charge is 0.312 e.